The fourth-order valence-electron chi connectivity index (χ4n) is 3.32. The van der Waals surface area contributed by atoms with Gasteiger partial charge in [0.1, 0.15) is 0 Å². The van der Waals surface area contributed by atoms with Crippen molar-refractivity contribution in [1.29, 1.82) is 0 Å². The summed E-state index contributed by atoms with van der Waals surface area (Å²) in [5.41, 5.74) is 1.76. The van der Waals surface area contributed by atoms with Crippen LogP contribution in [-0.2, 0) is 5.41 Å². The Kier molecular flexibility index (Phi) is 1.77. The van der Waals surface area contributed by atoms with Gasteiger partial charge in [-0.05, 0) is 44.2 Å². The molecule has 0 N–H and O–H groups in total. The number of hydrogen-bond acceptors (Lipinski definition) is 0. The molecular weight excluding hydrogens is 216 g/mol. The van der Waals surface area contributed by atoms with Crippen LogP contribution in [0.3, 0.4) is 0 Å². The molecule has 0 unspecified atom stereocenters. The van der Waals surface area contributed by atoms with Crippen molar-refractivity contribution in [3.05, 3.63) is 53.2 Å². The summed E-state index contributed by atoms with van der Waals surface area (Å²) in [6.45, 7) is 4.69. The molecule has 18 heavy (non-hydrogen) atoms. The molecule has 0 heteroatoms. The molecule has 1 aliphatic rings. The van der Waals surface area contributed by atoms with E-state index in [2.05, 4.69) is 62.4 Å². The van der Waals surface area contributed by atoms with Crippen molar-refractivity contribution < 1.29 is 0 Å². The van der Waals surface area contributed by atoms with E-state index in [-0.39, 0.29) is 5.41 Å². The lowest BCUT2D eigenvalue weighted by molar-refractivity contribution is 0.548. The standard InChI is InChI=1S/C18H16/c1-18(2)11-10-14-7-6-12-4-3-5-13-8-9-15(18)17(14)16(12)13/h3-10H,11H2,1-2H3. The van der Waals surface area contributed by atoms with Crippen molar-refractivity contribution in [2.24, 2.45) is 0 Å². The van der Waals surface area contributed by atoms with Crippen LogP contribution in [0.25, 0.3) is 27.6 Å². The number of rotatable bonds is 0. The van der Waals surface area contributed by atoms with Gasteiger partial charge in [0.15, 0.2) is 0 Å². The summed E-state index contributed by atoms with van der Waals surface area (Å²) in [6.07, 6.45) is 3.53. The fourth-order valence-corrected chi connectivity index (χ4v) is 3.32. The molecule has 1 aliphatic carbocycles. The van der Waals surface area contributed by atoms with E-state index in [1.165, 1.54) is 32.3 Å². The summed E-state index contributed by atoms with van der Waals surface area (Å²) in [6, 6.07) is 15.7. The highest BCUT2D eigenvalue weighted by molar-refractivity contribution is 6.12. The summed E-state index contributed by atoms with van der Waals surface area (Å²) < 4.78 is 0. The molecule has 3 aromatic carbocycles. The molecule has 3 aromatic rings. The van der Waals surface area contributed by atoms with Gasteiger partial charge >= 0.3 is 0 Å². The van der Waals surface area contributed by atoms with Crippen LogP contribution in [0.4, 0.5) is 0 Å². The van der Waals surface area contributed by atoms with Crippen molar-refractivity contribution >= 4 is 27.6 Å². The minimum Gasteiger partial charge on any atom is -0.0758 e. The molecule has 88 valence electrons. The molecule has 0 spiro atoms. The number of benzene rings is 3. The van der Waals surface area contributed by atoms with Crippen LogP contribution in [-0.4, -0.2) is 0 Å². The van der Waals surface area contributed by atoms with E-state index in [4.69, 9.17) is 0 Å². The van der Waals surface area contributed by atoms with Crippen LogP contribution in [0, 0.1) is 0 Å². The average molecular weight is 232 g/mol. The molecule has 0 fully saturated rings. The minimum atomic E-state index is 0.255. The van der Waals surface area contributed by atoms with E-state index in [0.717, 1.165) is 6.42 Å². The van der Waals surface area contributed by atoms with Gasteiger partial charge in [-0.2, -0.15) is 0 Å². The highest BCUT2D eigenvalue weighted by Gasteiger charge is 2.25. The molecule has 0 heterocycles. The second kappa shape index (κ2) is 3.14. The zero-order chi connectivity index (χ0) is 12.3. The van der Waals surface area contributed by atoms with E-state index >= 15 is 0 Å². The SMILES string of the molecule is CC1(C)CC=c2ccc3cccc4ccc1c2c43. The van der Waals surface area contributed by atoms with Crippen molar-refractivity contribution in [2.45, 2.75) is 25.7 Å². The Morgan fingerprint density at radius 3 is 2.33 bits per heavy atom. The molecule has 0 radical (unpaired) electrons. The third-order valence-electron chi connectivity index (χ3n) is 4.37. The lowest BCUT2D eigenvalue weighted by atomic mass is 9.75. The Bertz CT molecular complexity index is 806. The van der Waals surface area contributed by atoms with Gasteiger partial charge in [-0.3, -0.25) is 0 Å². The summed E-state index contributed by atoms with van der Waals surface area (Å²) in [5.74, 6) is 0. The molecule has 0 aliphatic heterocycles. The minimum absolute atomic E-state index is 0.255. The van der Waals surface area contributed by atoms with Gasteiger partial charge in [0.25, 0.3) is 0 Å². The first-order valence-electron chi connectivity index (χ1n) is 6.62. The van der Waals surface area contributed by atoms with Crippen molar-refractivity contribution in [3.63, 3.8) is 0 Å². The van der Waals surface area contributed by atoms with Crippen LogP contribution in [0.15, 0.2) is 42.5 Å². The predicted octanol–water partition coefficient (Wildman–Crippen LogP) is 4.17. The lowest BCUT2D eigenvalue weighted by Crippen LogP contribution is -2.24. The third-order valence-corrected chi connectivity index (χ3v) is 4.37. The van der Waals surface area contributed by atoms with Crippen LogP contribution >= 0.6 is 0 Å². The second-order valence-corrected chi connectivity index (χ2v) is 6.01. The monoisotopic (exact) mass is 232 g/mol. The van der Waals surface area contributed by atoms with Crippen LogP contribution < -0.4 is 5.22 Å². The van der Waals surface area contributed by atoms with Crippen molar-refractivity contribution in [3.8, 4) is 0 Å². The number of hydrogen-bond donors (Lipinski definition) is 0. The zero-order valence-electron chi connectivity index (χ0n) is 10.8. The van der Waals surface area contributed by atoms with Crippen LogP contribution in [0.5, 0.6) is 0 Å². The van der Waals surface area contributed by atoms with Gasteiger partial charge in [0.05, 0.1) is 0 Å². The van der Waals surface area contributed by atoms with E-state index in [9.17, 15) is 0 Å². The Labute approximate surface area is 107 Å². The predicted molar refractivity (Wildman–Crippen MR) is 78.8 cm³/mol. The summed E-state index contributed by atoms with van der Waals surface area (Å²) in [5, 5.41) is 7.05. The molecule has 0 aromatic heterocycles. The molecule has 0 bridgehead atoms. The quantitative estimate of drug-likeness (QED) is 0.545. The van der Waals surface area contributed by atoms with Gasteiger partial charge < -0.3 is 0 Å². The van der Waals surface area contributed by atoms with Crippen molar-refractivity contribution in [2.75, 3.05) is 0 Å². The Morgan fingerprint density at radius 1 is 0.833 bits per heavy atom. The van der Waals surface area contributed by atoms with Gasteiger partial charge in [-0.1, -0.05) is 62.4 Å². The first kappa shape index (κ1) is 10.1. The van der Waals surface area contributed by atoms with Crippen LogP contribution in [0.2, 0.25) is 0 Å². The molecule has 0 saturated carbocycles. The maximum Gasteiger partial charge on any atom is -0.00300 e. The smallest absolute Gasteiger partial charge is 0.00300 e. The van der Waals surface area contributed by atoms with E-state index in [1.807, 2.05) is 0 Å². The van der Waals surface area contributed by atoms with Crippen LogP contribution in [0.1, 0.15) is 25.8 Å². The summed E-state index contributed by atoms with van der Waals surface area (Å²) in [4.78, 5) is 0. The molecule has 0 saturated heterocycles. The maximum absolute atomic E-state index is 2.40. The molecule has 0 nitrogen and oxygen atoms in total. The molecule has 0 amide bonds. The third kappa shape index (κ3) is 1.16. The van der Waals surface area contributed by atoms with E-state index < -0.39 is 0 Å². The van der Waals surface area contributed by atoms with Gasteiger partial charge in [0, 0.05) is 0 Å². The Morgan fingerprint density at radius 2 is 1.56 bits per heavy atom. The largest absolute Gasteiger partial charge is 0.0758 e. The Balaban J connectivity index is 2.37. The maximum atomic E-state index is 2.40. The highest BCUT2D eigenvalue weighted by atomic mass is 14.3. The van der Waals surface area contributed by atoms with E-state index in [1.54, 1.807) is 0 Å². The molecular formula is C18H16. The van der Waals surface area contributed by atoms with Gasteiger partial charge in [0.2, 0.25) is 0 Å². The summed E-state index contributed by atoms with van der Waals surface area (Å²) >= 11 is 0. The Hall–Kier alpha value is -1.82. The highest BCUT2D eigenvalue weighted by Crippen LogP contribution is 2.37. The van der Waals surface area contributed by atoms with E-state index in [0.29, 0.717) is 0 Å². The lowest BCUT2D eigenvalue weighted by Gasteiger charge is -2.29. The first-order valence-corrected chi connectivity index (χ1v) is 6.62. The first-order chi connectivity index (χ1) is 8.67. The second-order valence-electron chi connectivity index (χ2n) is 6.01. The average Bonchev–Trinajstić information content (AvgIpc) is 2.38. The topological polar surface area (TPSA) is 0 Å². The molecule has 0 atom stereocenters. The van der Waals surface area contributed by atoms with Gasteiger partial charge in [-0.25, -0.2) is 0 Å². The summed E-state index contributed by atoms with van der Waals surface area (Å²) in [7, 11) is 0. The van der Waals surface area contributed by atoms with Gasteiger partial charge in [-0.15, -0.1) is 0 Å². The van der Waals surface area contributed by atoms with Crippen molar-refractivity contribution in [1.82, 2.24) is 0 Å². The fraction of sp³-hybridized carbons (Fsp3) is 0.222. The normalized spacial score (nSPS) is 17.0. The zero-order valence-corrected chi connectivity index (χ0v) is 10.8. The molecule has 4 rings (SSSR count).